The van der Waals surface area contributed by atoms with Gasteiger partial charge in [-0.1, -0.05) is 30.4 Å². The van der Waals surface area contributed by atoms with E-state index in [1.54, 1.807) is 11.1 Å². The lowest BCUT2D eigenvalue weighted by molar-refractivity contribution is 0.158. The monoisotopic (exact) mass is 221 g/mol. The van der Waals surface area contributed by atoms with E-state index in [1.165, 1.54) is 38.6 Å². The van der Waals surface area contributed by atoms with Crippen LogP contribution in [0.2, 0.25) is 0 Å². The van der Waals surface area contributed by atoms with Crippen molar-refractivity contribution in [3.8, 4) is 0 Å². The van der Waals surface area contributed by atoms with Crippen LogP contribution in [0, 0.1) is 0 Å². The van der Waals surface area contributed by atoms with E-state index in [2.05, 4.69) is 4.90 Å². The fourth-order valence-corrected chi connectivity index (χ4v) is 3.67. The molecule has 3 aliphatic rings. The number of hydrogen-bond acceptors (Lipinski definition) is 2. The summed E-state index contributed by atoms with van der Waals surface area (Å²) in [6, 6.07) is 0.844. The Bertz CT molecular complexity index is 291. The molecule has 0 bridgehead atoms. The maximum atomic E-state index is 9.70. The SMILES string of the molecule is OC1CCC2=C(C1)CN(C1CCCCC1)C2. The van der Waals surface area contributed by atoms with Crippen molar-refractivity contribution < 1.29 is 5.11 Å². The molecule has 1 unspecified atom stereocenters. The summed E-state index contributed by atoms with van der Waals surface area (Å²) in [6.45, 7) is 2.38. The molecule has 1 heterocycles. The minimum Gasteiger partial charge on any atom is -0.393 e. The zero-order chi connectivity index (χ0) is 11.0. The van der Waals surface area contributed by atoms with E-state index in [-0.39, 0.29) is 6.10 Å². The zero-order valence-electron chi connectivity index (χ0n) is 10.1. The first kappa shape index (κ1) is 10.8. The van der Waals surface area contributed by atoms with E-state index in [0.29, 0.717) is 0 Å². The van der Waals surface area contributed by atoms with E-state index in [9.17, 15) is 5.11 Å². The van der Waals surface area contributed by atoms with Crippen LogP contribution in [0.4, 0.5) is 0 Å². The highest BCUT2D eigenvalue weighted by Gasteiger charge is 2.31. The van der Waals surface area contributed by atoms with Crippen molar-refractivity contribution in [2.24, 2.45) is 0 Å². The fourth-order valence-electron chi connectivity index (χ4n) is 3.67. The Morgan fingerprint density at radius 3 is 2.50 bits per heavy atom. The van der Waals surface area contributed by atoms with Crippen molar-refractivity contribution in [3.63, 3.8) is 0 Å². The molecule has 1 saturated carbocycles. The number of hydrogen-bond donors (Lipinski definition) is 1. The van der Waals surface area contributed by atoms with Crippen LogP contribution in [0.3, 0.4) is 0 Å². The maximum Gasteiger partial charge on any atom is 0.0581 e. The Hall–Kier alpha value is -0.340. The van der Waals surface area contributed by atoms with Crippen LogP contribution >= 0.6 is 0 Å². The molecule has 0 aromatic rings. The highest BCUT2D eigenvalue weighted by atomic mass is 16.3. The minimum atomic E-state index is -0.0509. The summed E-state index contributed by atoms with van der Waals surface area (Å²) in [6.07, 6.45) is 10.2. The van der Waals surface area contributed by atoms with Crippen LogP contribution in [0.15, 0.2) is 11.1 Å². The maximum absolute atomic E-state index is 9.70. The molecule has 3 rings (SSSR count). The van der Waals surface area contributed by atoms with Crippen molar-refractivity contribution in [3.05, 3.63) is 11.1 Å². The van der Waals surface area contributed by atoms with Crippen LogP contribution in [-0.4, -0.2) is 35.2 Å². The van der Waals surface area contributed by atoms with Gasteiger partial charge in [-0.3, -0.25) is 4.90 Å². The average Bonchev–Trinajstić information content (AvgIpc) is 2.73. The Balaban J connectivity index is 1.62. The van der Waals surface area contributed by atoms with Gasteiger partial charge in [0, 0.05) is 19.1 Å². The first-order valence-electron chi connectivity index (χ1n) is 6.95. The number of aliphatic hydroxyl groups is 1. The molecule has 90 valence electrons. The van der Waals surface area contributed by atoms with Crippen molar-refractivity contribution in [2.75, 3.05) is 13.1 Å². The van der Waals surface area contributed by atoms with Gasteiger partial charge in [0.05, 0.1) is 6.10 Å². The van der Waals surface area contributed by atoms with Crippen LogP contribution in [0.5, 0.6) is 0 Å². The Kier molecular flexibility index (Phi) is 3.03. The molecule has 2 nitrogen and oxygen atoms in total. The van der Waals surface area contributed by atoms with Crippen molar-refractivity contribution >= 4 is 0 Å². The minimum absolute atomic E-state index is 0.0509. The van der Waals surface area contributed by atoms with Gasteiger partial charge in [0.25, 0.3) is 0 Å². The first-order valence-corrected chi connectivity index (χ1v) is 6.95. The van der Waals surface area contributed by atoms with Gasteiger partial charge in [-0.15, -0.1) is 0 Å². The van der Waals surface area contributed by atoms with Gasteiger partial charge in [0.2, 0.25) is 0 Å². The Morgan fingerprint density at radius 2 is 1.69 bits per heavy atom. The van der Waals surface area contributed by atoms with Gasteiger partial charge in [0.15, 0.2) is 0 Å². The standard InChI is InChI=1S/C14H23NO/c16-14-7-6-11-9-15(10-12(11)8-14)13-4-2-1-3-5-13/h13-14,16H,1-10H2. The highest BCUT2D eigenvalue weighted by molar-refractivity contribution is 5.26. The van der Waals surface area contributed by atoms with Crippen molar-refractivity contribution in [2.45, 2.75) is 63.5 Å². The van der Waals surface area contributed by atoms with Crippen LogP contribution in [0.25, 0.3) is 0 Å². The molecule has 2 aliphatic carbocycles. The van der Waals surface area contributed by atoms with Gasteiger partial charge in [-0.2, -0.15) is 0 Å². The molecule has 0 radical (unpaired) electrons. The second-order valence-corrected chi connectivity index (χ2v) is 5.80. The third-order valence-corrected chi connectivity index (χ3v) is 4.64. The third kappa shape index (κ3) is 2.05. The molecule has 1 aliphatic heterocycles. The predicted molar refractivity (Wildman–Crippen MR) is 65.3 cm³/mol. The van der Waals surface area contributed by atoms with Gasteiger partial charge >= 0.3 is 0 Å². The number of aliphatic hydroxyl groups excluding tert-OH is 1. The fraction of sp³-hybridized carbons (Fsp3) is 0.857. The summed E-state index contributed by atoms with van der Waals surface area (Å²) in [7, 11) is 0. The van der Waals surface area contributed by atoms with E-state index >= 15 is 0 Å². The van der Waals surface area contributed by atoms with Gasteiger partial charge < -0.3 is 5.11 Å². The molecular formula is C14H23NO. The summed E-state index contributed by atoms with van der Waals surface area (Å²) in [4.78, 5) is 2.68. The highest BCUT2D eigenvalue weighted by Crippen LogP contribution is 2.34. The molecule has 0 aromatic carbocycles. The lowest BCUT2D eigenvalue weighted by atomic mass is 9.92. The van der Waals surface area contributed by atoms with Crippen LogP contribution in [-0.2, 0) is 0 Å². The van der Waals surface area contributed by atoms with Crippen molar-refractivity contribution in [1.82, 2.24) is 4.90 Å². The molecule has 0 aromatic heterocycles. The van der Waals surface area contributed by atoms with E-state index in [0.717, 1.165) is 31.8 Å². The molecule has 0 spiro atoms. The molecule has 1 fully saturated rings. The van der Waals surface area contributed by atoms with Gasteiger partial charge in [0.1, 0.15) is 0 Å². The van der Waals surface area contributed by atoms with Crippen LogP contribution in [0.1, 0.15) is 51.4 Å². The summed E-state index contributed by atoms with van der Waals surface area (Å²) >= 11 is 0. The quantitative estimate of drug-likeness (QED) is 0.688. The lowest BCUT2D eigenvalue weighted by Crippen LogP contribution is -2.35. The lowest BCUT2D eigenvalue weighted by Gasteiger charge is -2.31. The predicted octanol–water partition coefficient (Wildman–Crippen LogP) is 2.48. The molecule has 1 N–H and O–H groups in total. The summed E-state index contributed by atoms with van der Waals surface area (Å²) in [5.41, 5.74) is 3.24. The van der Waals surface area contributed by atoms with E-state index in [1.807, 2.05) is 0 Å². The summed E-state index contributed by atoms with van der Waals surface area (Å²) in [5, 5.41) is 9.70. The second-order valence-electron chi connectivity index (χ2n) is 5.80. The second kappa shape index (κ2) is 4.50. The topological polar surface area (TPSA) is 23.5 Å². The largest absolute Gasteiger partial charge is 0.393 e. The molecule has 1 atom stereocenters. The molecule has 16 heavy (non-hydrogen) atoms. The molecule has 2 heteroatoms. The van der Waals surface area contributed by atoms with E-state index in [4.69, 9.17) is 0 Å². The zero-order valence-corrected chi connectivity index (χ0v) is 10.1. The number of rotatable bonds is 1. The molecular weight excluding hydrogens is 198 g/mol. The smallest absolute Gasteiger partial charge is 0.0581 e. The third-order valence-electron chi connectivity index (χ3n) is 4.64. The number of nitrogens with zero attached hydrogens (tertiary/aromatic N) is 1. The van der Waals surface area contributed by atoms with Gasteiger partial charge in [-0.25, -0.2) is 0 Å². The molecule has 0 saturated heterocycles. The Labute approximate surface area is 98.3 Å². The van der Waals surface area contributed by atoms with Crippen LogP contribution < -0.4 is 0 Å². The van der Waals surface area contributed by atoms with Crippen molar-refractivity contribution in [1.29, 1.82) is 0 Å². The average molecular weight is 221 g/mol. The first-order chi connectivity index (χ1) is 7.83. The van der Waals surface area contributed by atoms with E-state index < -0.39 is 0 Å². The molecule has 0 amide bonds. The normalized spacial score (nSPS) is 33.2. The summed E-state index contributed by atoms with van der Waals surface area (Å²) in [5.74, 6) is 0. The van der Waals surface area contributed by atoms with Gasteiger partial charge in [-0.05, 0) is 32.1 Å². The Morgan fingerprint density at radius 1 is 0.938 bits per heavy atom. The summed E-state index contributed by atoms with van der Waals surface area (Å²) < 4.78 is 0.